The van der Waals surface area contributed by atoms with Gasteiger partial charge in [0.05, 0.1) is 11.4 Å². The number of hydrogen-bond donors (Lipinski definition) is 2. The molecule has 0 fully saturated rings. The smallest absolute Gasteiger partial charge is 0.0647 e. The summed E-state index contributed by atoms with van der Waals surface area (Å²) in [6.45, 7) is 4.01. The lowest BCUT2D eigenvalue weighted by atomic mass is 10.1. The Kier molecular flexibility index (Phi) is 3.25. The fourth-order valence-corrected chi connectivity index (χ4v) is 1.91. The lowest BCUT2D eigenvalue weighted by Gasteiger charge is -2.14. The fraction of sp³-hybridized carbons (Fsp3) is 0.143. The van der Waals surface area contributed by atoms with Crippen LogP contribution in [0.5, 0.6) is 0 Å². The first-order valence-electron chi connectivity index (χ1n) is 5.47. The van der Waals surface area contributed by atoms with Crippen LogP contribution in [-0.2, 0) is 0 Å². The van der Waals surface area contributed by atoms with E-state index in [0.717, 1.165) is 33.2 Å². The Morgan fingerprint density at radius 2 is 1.76 bits per heavy atom. The molecule has 0 radical (unpaired) electrons. The second-order valence-corrected chi connectivity index (χ2v) is 4.48. The average Bonchev–Trinajstić information content (AvgIpc) is 2.29. The molecule has 2 rings (SSSR count). The van der Waals surface area contributed by atoms with Crippen molar-refractivity contribution in [2.24, 2.45) is 0 Å². The Balaban J connectivity index is 2.42. The Hall–Kier alpha value is -1.67. The van der Waals surface area contributed by atoms with Gasteiger partial charge in [-0.1, -0.05) is 29.8 Å². The quantitative estimate of drug-likeness (QED) is 0.776. The average molecular weight is 247 g/mol. The first-order valence-corrected chi connectivity index (χ1v) is 5.84. The summed E-state index contributed by atoms with van der Waals surface area (Å²) in [7, 11) is 0. The minimum atomic E-state index is 0.740. The van der Waals surface area contributed by atoms with E-state index in [1.807, 2.05) is 50.2 Å². The highest BCUT2D eigenvalue weighted by Crippen LogP contribution is 2.30. The van der Waals surface area contributed by atoms with Gasteiger partial charge in [-0.05, 0) is 43.2 Å². The van der Waals surface area contributed by atoms with Gasteiger partial charge in [0.15, 0.2) is 0 Å². The molecule has 0 unspecified atom stereocenters. The Bertz CT molecular complexity index is 530. The molecule has 3 heteroatoms. The number of nitrogen functional groups attached to an aromatic ring is 1. The van der Waals surface area contributed by atoms with Crippen LogP contribution in [0.15, 0.2) is 36.4 Å². The van der Waals surface area contributed by atoms with Crippen LogP contribution in [0.4, 0.5) is 17.1 Å². The van der Waals surface area contributed by atoms with Crippen LogP contribution in [-0.4, -0.2) is 0 Å². The predicted molar refractivity (Wildman–Crippen MR) is 75.1 cm³/mol. The highest BCUT2D eigenvalue weighted by Gasteiger charge is 2.06. The van der Waals surface area contributed by atoms with E-state index in [9.17, 15) is 0 Å². The molecule has 2 aromatic carbocycles. The van der Waals surface area contributed by atoms with Gasteiger partial charge in [-0.25, -0.2) is 0 Å². The van der Waals surface area contributed by atoms with E-state index in [4.69, 9.17) is 17.3 Å². The van der Waals surface area contributed by atoms with Gasteiger partial charge in [0, 0.05) is 10.7 Å². The Morgan fingerprint density at radius 1 is 1.06 bits per heavy atom. The van der Waals surface area contributed by atoms with E-state index < -0.39 is 0 Å². The minimum Gasteiger partial charge on any atom is -0.397 e. The standard InChI is InChI=1S/C14H15ClN2/c1-9-5-3-7-12(16)14(9)17-13-8-4-6-11(15)10(13)2/h3-8,17H,16H2,1-2H3. The summed E-state index contributed by atoms with van der Waals surface area (Å²) >= 11 is 6.09. The zero-order valence-corrected chi connectivity index (χ0v) is 10.7. The number of para-hydroxylation sites is 1. The molecule has 2 aromatic rings. The number of aryl methyl sites for hydroxylation is 1. The zero-order valence-electron chi connectivity index (χ0n) is 9.92. The molecule has 0 bridgehead atoms. The Labute approximate surface area is 106 Å². The predicted octanol–water partition coefficient (Wildman–Crippen LogP) is 4.28. The van der Waals surface area contributed by atoms with E-state index in [1.165, 1.54) is 0 Å². The minimum absolute atomic E-state index is 0.740. The molecule has 0 aliphatic rings. The van der Waals surface area contributed by atoms with Crippen molar-refractivity contribution in [2.75, 3.05) is 11.1 Å². The van der Waals surface area contributed by atoms with Crippen molar-refractivity contribution >= 4 is 28.7 Å². The summed E-state index contributed by atoms with van der Waals surface area (Å²) in [5.41, 5.74) is 10.8. The number of anilines is 3. The molecule has 0 saturated carbocycles. The number of rotatable bonds is 2. The molecule has 0 aliphatic heterocycles. The maximum Gasteiger partial charge on any atom is 0.0647 e. The van der Waals surface area contributed by atoms with Gasteiger partial charge < -0.3 is 11.1 Å². The van der Waals surface area contributed by atoms with Crippen LogP contribution in [0.1, 0.15) is 11.1 Å². The van der Waals surface area contributed by atoms with Gasteiger partial charge in [-0.15, -0.1) is 0 Å². The summed E-state index contributed by atoms with van der Waals surface area (Å²) < 4.78 is 0. The first-order chi connectivity index (χ1) is 8.09. The number of halogens is 1. The molecule has 17 heavy (non-hydrogen) atoms. The van der Waals surface area contributed by atoms with E-state index in [1.54, 1.807) is 0 Å². The lowest BCUT2D eigenvalue weighted by molar-refractivity contribution is 1.39. The van der Waals surface area contributed by atoms with Crippen molar-refractivity contribution in [1.82, 2.24) is 0 Å². The van der Waals surface area contributed by atoms with Crippen molar-refractivity contribution in [3.05, 3.63) is 52.5 Å². The third-order valence-electron chi connectivity index (χ3n) is 2.83. The maximum absolute atomic E-state index is 6.09. The second-order valence-electron chi connectivity index (χ2n) is 4.08. The van der Waals surface area contributed by atoms with Crippen LogP contribution >= 0.6 is 11.6 Å². The number of nitrogens with one attached hydrogen (secondary N) is 1. The van der Waals surface area contributed by atoms with E-state index >= 15 is 0 Å². The highest BCUT2D eigenvalue weighted by molar-refractivity contribution is 6.31. The topological polar surface area (TPSA) is 38.0 Å². The molecule has 0 spiro atoms. The zero-order chi connectivity index (χ0) is 12.4. The van der Waals surface area contributed by atoms with Gasteiger partial charge in [-0.2, -0.15) is 0 Å². The van der Waals surface area contributed by atoms with Gasteiger partial charge >= 0.3 is 0 Å². The summed E-state index contributed by atoms with van der Waals surface area (Å²) in [5, 5.41) is 4.09. The van der Waals surface area contributed by atoms with Crippen molar-refractivity contribution in [3.63, 3.8) is 0 Å². The largest absolute Gasteiger partial charge is 0.397 e. The highest BCUT2D eigenvalue weighted by atomic mass is 35.5. The fourth-order valence-electron chi connectivity index (χ4n) is 1.74. The van der Waals surface area contributed by atoms with Gasteiger partial charge in [0.1, 0.15) is 0 Å². The van der Waals surface area contributed by atoms with Crippen LogP contribution in [0.3, 0.4) is 0 Å². The van der Waals surface area contributed by atoms with Gasteiger partial charge in [0.2, 0.25) is 0 Å². The molecule has 2 nitrogen and oxygen atoms in total. The molecule has 3 N–H and O–H groups in total. The monoisotopic (exact) mass is 246 g/mol. The molecule has 0 aromatic heterocycles. The van der Waals surface area contributed by atoms with Crippen LogP contribution in [0.25, 0.3) is 0 Å². The van der Waals surface area contributed by atoms with E-state index in [-0.39, 0.29) is 0 Å². The van der Waals surface area contributed by atoms with Crippen molar-refractivity contribution < 1.29 is 0 Å². The van der Waals surface area contributed by atoms with E-state index in [0.29, 0.717) is 0 Å². The molecule has 88 valence electrons. The SMILES string of the molecule is Cc1cccc(N)c1Nc1cccc(Cl)c1C. The number of hydrogen-bond acceptors (Lipinski definition) is 2. The van der Waals surface area contributed by atoms with Crippen molar-refractivity contribution in [1.29, 1.82) is 0 Å². The summed E-state index contributed by atoms with van der Waals surface area (Å²) in [5.74, 6) is 0. The van der Waals surface area contributed by atoms with Crippen LogP contribution in [0.2, 0.25) is 5.02 Å². The van der Waals surface area contributed by atoms with Crippen molar-refractivity contribution in [3.8, 4) is 0 Å². The van der Waals surface area contributed by atoms with Crippen LogP contribution in [0, 0.1) is 13.8 Å². The molecule has 0 atom stereocenters. The molecular weight excluding hydrogens is 232 g/mol. The van der Waals surface area contributed by atoms with Gasteiger partial charge in [-0.3, -0.25) is 0 Å². The molecule has 0 saturated heterocycles. The number of benzene rings is 2. The van der Waals surface area contributed by atoms with Crippen LogP contribution < -0.4 is 11.1 Å². The molecular formula is C14H15ClN2. The van der Waals surface area contributed by atoms with Gasteiger partial charge in [0.25, 0.3) is 0 Å². The Morgan fingerprint density at radius 3 is 2.47 bits per heavy atom. The second kappa shape index (κ2) is 4.68. The number of nitrogens with two attached hydrogens (primary N) is 1. The summed E-state index contributed by atoms with van der Waals surface area (Å²) in [6.07, 6.45) is 0. The summed E-state index contributed by atoms with van der Waals surface area (Å²) in [4.78, 5) is 0. The summed E-state index contributed by atoms with van der Waals surface area (Å²) in [6, 6.07) is 11.6. The molecule has 0 aliphatic carbocycles. The van der Waals surface area contributed by atoms with E-state index in [2.05, 4.69) is 5.32 Å². The molecule has 0 heterocycles. The molecule has 0 amide bonds. The third kappa shape index (κ3) is 2.37. The first kappa shape index (κ1) is 11.8. The van der Waals surface area contributed by atoms with Crippen molar-refractivity contribution in [2.45, 2.75) is 13.8 Å². The third-order valence-corrected chi connectivity index (χ3v) is 3.24. The maximum atomic E-state index is 6.09. The lowest BCUT2D eigenvalue weighted by Crippen LogP contribution is -2.00. The normalized spacial score (nSPS) is 10.3.